The third kappa shape index (κ3) is 1.65. The molecule has 2 atom stereocenters. The molecule has 1 fully saturated rings. The van der Waals surface area contributed by atoms with Crippen molar-refractivity contribution >= 4 is 0 Å². The lowest BCUT2D eigenvalue weighted by Crippen LogP contribution is -2.21. The van der Waals surface area contributed by atoms with Crippen LogP contribution in [0.4, 0.5) is 0 Å². The molecule has 1 saturated heterocycles. The number of fused-ring (bicyclic) bond motifs is 1. The normalized spacial score (nSPS) is 30.1. The molecule has 2 aliphatic rings. The standard InChI is InChI=1S/C12H20N4/c1-9-6-7-13-11(9)12-15-14-10-5-3-2-4-8-16(10)12/h9,11,13H,2-8H2,1H3. The molecule has 0 radical (unpaired) electrons. The van der Waals surface area contributed by atoms with Crippen LogP contribution < -0.4 is 5.32 Å². The van der Waals surface area contributed by atoms with Crippen LogP contribution in [0.2, 0.25) is 0 Å². The van der Waals surface area contributed by atoms with Gasteiger partial charge in [-0.25, -0.2) is 0 Å². The smallest absolute Gasteiger partial charge is 0.150 e. The van der Waals surface area contributed by atoms with Crippen molar-refractivity contribution in [2.45, 2.75) is 51.6 Å². The van der Waals surface area contributed by atoms with Gasteiger partial charge in [-0.2, -0.15) is 0 Å². The number of aromatic nitrogens is 3. The van der Waals surface area contributed by atoms with E-state index in [9.17, 15) is 0 Å². The van der Waals surface area contributed by atoms with Gasteiger partial charge < -0.3 is 9.88 Å². The predicted octanol–water partition coefficient (Wildman–Crippen LogP) is 1.68. The van der Waals surface area contributed by atoms with E-state index < -0.39 is 0 Å². The Morgan fingerprint density at radius 3 is 3.00 bits per heavy atom. The molecule has 4 nitrogen and oxygen atoms in total. The van der Waals surface area contributed by atoms with Gasteiger partial charge in [0.2, 0.25) is 0 Å². The van der Waals surface area contributed by atoms with Gasteiger partial charge in [-0.1, -0.05) is 13.3 Å². The summed E-state index contributed by atoms with van der Waals surface area (Å²) in [5.74, 6) is 3.08. The second-order valence-corrected chi connectivity index (χ2v) is 5.13. The van der Waals surface area contributed by atoms with Gasteiger partial charge in [-0.15, -0.1) is 10.2 Å². The highest BCUT2D eigenvalue weighted by Gasteiger charge is 2.29. The minimum Gasteiger partial charge on any atom is -0.314 e. The number of nitrogens with one attached hydrogen (secondary N) is 1. The molecule has 0 spiro atoms. The topological polar surface area (TPSA) is 42.7 Å². The highest BCUT2D eigenvalue weighted by atomic mass is 15.3. The molecule has 1 aromatic heterocycles. The molecule has 3 heterocycles. The second-order valence-electron chi connectivity index (χ2n) is 5.13. The minimum atomic E-state index is 0.430. The second kappa shape index (κ2) is 4.17. The molecule has 0 bridgehead atoms. The van der Waals surface area contributed by atoms with E-state index in [-0.39, 0.29) is 0 Å². The number of nitrogens with zero attached hydrogens (tertiary/aromatic N) is 3. The molecule has 1 aromatic rings. The maximum atomic E-state index is 4.42. The molecule has 4 heteroatoms. The molecule has 16 heavy (non-hydrogen) atoms. The average molecular weight is 220 g/mol. The molecule has 0 amide bonds. The summed E-state index contributed by atoms with van der Waals surface area (Å²) in [6, 6.07) is 0.430. The highest BCUT2D eigenvalue weighted by molar-refractivity contribution is 5.06. The lowest BCUT2D eigenvalue weighted by Gasteiger charge is -2.16. The SMILES string of the molecule is CC1CCNC1c1nnc2n1CCCCC2. The fourth-order valence-corrected chi connectivity index (χ4v) is 2.92. The molecule has 0 saturated carbocycles. The van der Waals surface area contributed by atoms with Gasteiger partial charge in [0.15, 0.2) is 0 Å². The van der Waals surface area contributed by atoms with E-state index in [1.54, 1.807) is 0 Å². The lowest BCUT2D eigenvalue weighted by molar-refractivity contribution is 0.450. The third-order valence-electron chi connectivity index (χ3n) is 3.95. The molecule has 1 N–H and O–H groups in total. The lowest BCUT2D eigenvalue weighted by atomic mass is 10.0. The summed E-state index contributed by atoms with van der Waals surface area (Å²) < 4.78 is 2.37. The van der Waals surface area contributed by atoms with E-state index in [0.717, 1.165) is 19.5 Å². The Kier molecular flexibility index (Phi) is 2.67. The summed E-state index contributed by atoms with van der Waals surface area (Å²) in [7, 11) is 0. The molecule has 2 unspecified atom stereocenters. The van der Waals surface area contributed by atoms with Gasteiger partial charge in [-0.05, 0) is 31.7 Å². The number of aryl methyl sites for hydroxylation is 1. The summed E-state index contributed by atoms with van der Waals surface area (Å²) in [6.07, 6.45) is 6.24. The van der Waals surface area contributed by atoms with Crippen molar-refractivity contribution in [1.29, 1.82) is 0 Å². The van der Waals surface area contributed by atoms with Crippen LogP contribution in [0.5, 0.6) is 0 Å². The first kappa shape index (κ1) is 10.3. The van der Waals surface area contributed by atoms with Crippen LogP contribution in [0.3, 0.4) is 0 Å². The third-order valence-corrected chi connectivity index (χ3v) is 3.95. The summed E-state index contributed by atoms with van der Waals surface area (Å²) in [6.45, 7) is 4.54. The predicted molar refractivity (Wildman–Crippen MR) is 62.1 cm³/mol. The monoisotopic (exact) mass is 220 g/mol. The Labute approximate surface area is 96.4 Å². The van der Waals surface area contributed by atoms with E-state index in [4.69, 9.17) is 0 Å². The summed E-state index contributed by atoms with van der Waals surface area (Å²) in [5.41, 5.74) is 0. The number of rotatable bonds is 1. The Bertz CT molecular complexity index is 371. The van der Waals surface area contributed by atoms with E-state index in [0.29, 0.717) is 12.0 Å². The van der Waals surface area contributed by atoms with E-state index >= 15 is 0 Å². The zero-order chi connectivity index (χ0) is 11.0. The Hall–Kier alpha value is -0.900. The van der Waals surface area contributed by atoms with Crippen molar-refractivity contribution in [2.24, 2.45) is 5.92 Å². The molecule has 2 aliphatic heterocycles. The fraction of sp³-hybridized carbons (Fsp3) is 0.833. The van der Waals surface area contributed by atoms with Crippen LogP contribution in [-0.2, 0) is 13.0 Å². The van der Waals surface area contributed by atoms with E-state index in [2.05, 4.69) is 27.0 Å². The Morgan fingerprint density at radius 1 is 1.25 bits per heavy atom. The summed E-state index contributed by atoms with van der Waals surface area (Å²) in [5, 5.41) is 12.3. The van der Waals surface area contributed by atoms with Gasteiger partial charge in [0.1, 0.15) is 11.6 Å². The van der Waals surface area contributed by atoms with Crippen LogP contribution >= 0.6 is 0 Å². The molecule has 0 aromatic carbocycles. The van der Waals surface area contributed by atoms with Crippen molar-refractivity contribution in [2.75, 3.05) is 6.54 Å². The summed E-state index contributed by atoms with van der Waals surface area (Å²) >= 11 is 0. The van der Waals surface area contributed by atoms with Gasteiger partial charge in [0.25, 0.3) is 0 Å². The van der Waals surface area contributed by atoms with Gasteiger partial charge in [0.05, 0.1) is 6.04 Å². The van der Waals surface area contributed by atoms with Crippen molar-refractivity contribution in [3.05, 3.63) is 11.6 Å². The minimum absolute atomic E-state index is 0.430. The number of hydrogen-bond acceptors (Lipinski definition) is 3. The van der Waals surface area contributed by atoms with Crippen LogP contribution in [0, 0.1) is 5.92 Å². The molecule has 88 valence electrons. The fourth-order valence-electron chi connectivity index (χ4n) is 2.92. The first-order chi connectivity index (χ1) is 7.86. The molecule has 3 rings (SSSR count). The Morgan fingerprint density at radius 2 is 2.19 bits per heavy atom. The van der Waals surface area contributed by atoms with Crippen molar-refractivity contribution in [3.63, 3.8) is 0 Å². The maximum Gasteiger partial charge on any atom is 0.150 e. The highest BCUT2D eigenvalue weighted by Crippen LogP contribution is 2.29. The number of hydrogen-bond donors (Lipinski definition) is 1. The molecule has 0 aliphatic carbocycles. The summed E-state index contributed by atoms with van der Waals surface area (Å²) in [4.78, 5) is 0. The molecular formula is C12H20N4. The van der Waals surface area contributed by atoms with Crippen LogP contribution in [0.15, 0.2) is 0 Å². The van der Waals surface area contributed by atoms with Crippen LogP contribution in [0.25, 0.3) is 0 Å². The van der Waals surface area contributed by atoms with Crippen molar-refractivity contribution in [1.82, 2.24) is 20.1 Å². The first-order valence-electron chi connectivity index (χ1n) is 6.51. The van der Waals surface area contributed by atoms with Crippen molar-refractivity contribution < 1.29 is 0 Å². The zero-order valence-corrected chi connectivity index (χ0v) is 9.95. The maximum absolute atomic E-state index is 4.42. The van der Waals surface area contributed by atoms with Crippen LogP contribution in [0.1, 0.15) is 50.3 Å². The van der Waals surface area contributed by atoms with Gasteiger partial charge in [0, 0.05) is 13.0 Å². The zero-order valence-electron chi connectivity index (χ0n) is 9.95. The largest absolute Gasteiger partial charge is 0.314 e. The first-order valence-corrected chi connectivity index (χ1v) is 6.51. The molecular weight excluding hydrogens is 200 g/mol. The Balaban J connectivity index is 1.92. The van der Waals surface area contributed by atoms with Crippen molar-refractivity contribution in [3.8, 4) is 0 Å². The van der Waals surface area contributed by atoms with Gasteiger partial charge >= 0.3 is 0 Å². The van der Waals surface area contributed by atoms with Crippen LogP contribution in [-0.4, -0.2) is 21.3 Å². The average Bonchev–Trinajstić information content (AvgIpc) is 2.78. The van der Waals surface area contributed by atoms with E-state index in [1.165, 1.54) is 37.3 Å². The van der Waals surface area contributed by atoms with Gasteiger partial charge in [-0.3, -0.25) is 0 Å². The van der Waals surface area contributed by atoms with E-state index in [1.807, 2.05) is 0 Å². The quantitative estimate of drug-likeness (QED) is 0.783.